The molecule has 86 valence electrons. The first-order valence-corrected chi connectivity index (χ1v) is 5.93. The van der Waals surface area contributed by atoms with E-state index in [1.165, 1.54) is 12.0 Å². The summed E-state index contributed by atoms with van der Waals surface area (Å²) in [4.78, 5) is 0. The molecule has 1 aromatic carbocycles. The highest BCUT2D eigenvalue weighted by Crippen LogP contribution is 2.10. The lowest BCUT2D eigenvalue weighted by Crippen LogP contribution is -2.16. The van der Waals surface area contributed by atoms with Gasteiger partial charge in [0, 0.05) is 11.0 Å². The molecule has 1 rings (SSSR count). The summed E-state index contributed by atoms with van der Waals surface area (Å²) < 4.78 is 1.14. The molecule has 3 heteroatoms. The lowest BCUT2D eigenvalue weighted by Gasteiger charge is -2.06. The maximum atomic E-state index is 3.44. The van der Waals surface area contributed by atoms with Crippen molar-refractivity contribution >= 4 is 28.3 Å². The Hall–Kier alpha value is -0.0500. The van der Waals surface area contributed by atoms with E-state index in [4.69, 9.17) is 0 Å². The van der Waals surface area contributed by atoms with Crippen LogP contribution in [0.3, 0.4) is 0 Å². The Bertz CT molecular complexity index is 259. The molecular formula is C12H19BrClN. The van der Waals surface area contributed by atoms with Gasteiger partial charge in [0.15, 0.2) is 0 Å². The highest BCUT2D eigenvalue weighted by atomic mass is 79.9. The highest BCUT2D eigenvalue weighted by Gasteiger charge is 1.94. The van der Waals surface area contributed by atoms with Gasteiger partial charge in [-0.25, -0.2) is 0 Å². The van der Waals surface area contributed by atoms with Crippen molar-refractivity contribution in [1.29, 1.82) is 0 Å². The van der Waals surface area contributed by atoms with Crippen LogP contribution < -0.4 is 5.32 Å². The van der Waals surface area contributed by atoms with Gasteiger partial charge < -0.3 is 5.32 Å². The summed E-state index contributed by atoms with van der Waals surface area (Å²) in [7, 11) is 0. The lowest BCUT2D eigenvalue weighted by molar-refractivity contribution is 0.537. The Morgan fingerprint density at radius 2 is 1.80 bits per heavy atom. The minimum atomic E-state index is 0. The summed E-state index contributed by atoms with van der Waals surface area (Å²) >= 11 is 3.43. The second kappa shape index (κ2) is 8.14. The number of halogens is 2. The summed E-state index contributed by atoms with van der Waals surface area (Å²) in [6.07, 6.45) is 1.25. The molecule has 0 radical (unpaired) electrons. The third-order valence-electron chi connectivity index (χ3n) is 2.14. The van der Waals surface area contributed by atoms with Crippen LogP contribution in [0.1, 0.15) is 25.8 Å². The number of nitrogens with one attached hydrogen (secondary N) is 1. The van der Waals surface area contributed by atoms with E-state index in [2.05, 4.69) is 59.4 Å². The standard InChI is InChI=1S/C12H18BrN.ClH/c1-10(2)7-8-14-9-11-3-5-12(13)6-4-11;/h3-6,10,14H,7-9H2,1-2H3;1H. The summed E-state index contributed by atoms with van der Waals surface area (Å²) in [5.74, 6) is 0.785. The Morgan fingerprint density at radius 3 is 2.33 bits per heavy atom. The molecule has 1 N–H and O–H groups in total. The number of rotatable bonds is 5. The number of hydrogen-bond acceptors (Lipinski definition) is 1. The van der Waals surface area contributed by atoms with Gasteiger partial charge in [0.2, 0.25) is 0 Å². The Kier molecular flexibility index (Phi) is 8.12. The van der Waals surface area contributed by atoms with E-state index >= 15 is 0 Å². The van der Waals surface area contributed by atoms with Crippen molar-refractivity contribution in [3.05, 3.63) is 34.3 Å². The maximum absolute atomic E-state index is 3.44. The van der Waals surface area contributed by atoms with E-state index in [0.29, 0.717) is 0 Å². The van der Waals surface area contributed by atoms with Crippen LogP contribution in [-0.2, 0) is 6.54 Å². The molecule has 0 fully saturated rings. The molecule has 0 spiro atoms. The highest BCUT2D eigenvalue weighted by molar-refractivity contribution is 9.10. The molecule has 0 amide bonds. The van der Waals surface area contributed by atoms with E-state index in [1.54, 1.807) is 0 Å². The predicted molar refractivity (Wildman–Crippen MR) is 72.6 cm³/mol. The van der Waals surface area contributed by atoms with Crippen molar-refractivity contribution in [1.82, 2.24) is 5.32 Å². The van der Waals surface area contributed by atoms with Crippen molar-refractivity contribution in [3.8, 4) is 0 Å². The molecule has 0 heterocycles. The number of benzene rings is 1. The lowest BCUT2D eigenvalue weighted by atomic mass is 10.1. The zero-order valence-electron chi connectivity index (χ0n) is 9.29. The molecule has 0 bridgehead atoms. The third kappa shape index (κ3) is 6.93. The molecule has 0 aromatic heterocycles. The minimum absolute atomic E-state index is 0. The van der Waals surface area contributed by atoms with Gasteiger partial charge in [-0.3, -0.25) is 0 Å². The van der Waals surface area contributed by atoms with Crippen LogP contribution in [0, 0.1) is 5.92 Å². The van der Waals surface area contributed by atoms with Crippen LogP contribution >= 0.6 is 28.3 Å². The van der Waals surface area contributed by atoms with Gasteiger partial charge in [-0.1, -0.05) is 41.9 Å². The van der Waals surface area contributed by atoms with Crippen LogP contribution in [0.4, 0.5) is 0 Å². The van der Waals surface area contributed by atoms with Crippen LogP contribution in [-0.4, -0.2) is 6.54 Å². The maximum Gasteiger partial charge on any atom is 0.0205 e. The molecule has 15 heavy (non-hydrogen) atoms. The molecule has 0 saturated heterocycles. The van der Waals surface area contributed by atoms with Crippen molar-refractivity contribution < 1.29 is 0 Å². The minimum Gasteiger partial charge on any atom is -0.313 e. The number of hydrogen-bond donors (Lipinski definition) is 1. The first-order valence-electron chi connectivity index (χ1n) is 5.13. The van der Waals surface area contributed by atoms with Gasteiger partial charge in [0.1, 0.15) is 0 Å². The van der Waals surface area contributed by atoms with E-state index in [-0.39, 0.29) is 12.4 Å². The average Bonchev–Trinajstić information content (AvgIpc) is 2.15. The van der Waals surface area contributed by atoms with Gasteiger partial charge in [-0.2, -0.15) is 0 Å². The van der Waals surface area contributed by atoms with Gasteiger partial charge >= 0.3 is 0 Å². The van der Waals surface area contributed by atoms with E-state index in [1.807, 2.05) is 0 Å². The molecule has 0 unspecified atom stereocenters. The van der Waals surface area contributed by atoms with Crippen molar-refractivity contribution in [2.75, 3.05) is 6.54 Å². The molecule has 1 aromatic rings. The fourth-order valence-corrected chi connectivity index (χ4v) is 1.49. The zero-order chi connectivity index (χ0) is 10.4. The predicted octanol–water partition coefficient (Wildman–Crippen LogP) is 4.01. The van der Waals surface area contributed by atoms with Crippen LogP contribution in [0.15, 0.2) is 28.7 Å². The van der Waals surface area contributed by atoms with Gasteiger partial charge in [0.05, 0.1) is 0 Å². The van der Waals surface area contributed by atoms with Crippen molar-refractivity contribution in [3.63, 3.8) is 0 Å². The molecule has 0 atom stereocenters. The Balaban J connectivity index is 0.00000196. The van der Waals surface area contributed by atoms with Gasteiger partial charge in [-0.05, 0) is 36.6 Å². The van der Waals surface area contributed by atoms with E-state index < -0.39 is 0 Å². The average molecular weight is 293 g/mol. The fourth-order valence-electron chi connectivity index (χ4n) is 1.23. The normalized spacial score (nSPS) is 10.1. The van der Waals surface area contributed by atoms with Crippen LogP contribution in [0.2, 0.25) is 0 Å². The summed E-state index contributed by atoms with van der Waals surface area (Å²) in [5.41, 5.74) is 1.34. The van der Waals surface area contributed by atoms with Crippen molar-refractivity contribution in [2.45, 2.75) is 26.8 Å². The van der Waals surface area contributed by atoms with Crippen LogP contribution in [0.5, 0.6) is 0 Å². The first kappa shape index (κ1) is 14.9. The molecule has 1 nitrogen and oxygen atoms in total. The second-order valence-corrected chi connectivity index (χ2v) is 4.90. The molecular weight excluding hydrogens is 273 g/mol. The molecule has 0 aliphatic rings. The topological polar surface area (TPSA) is 12.0 Å². The first-order chi connectivity index (χ1) is 6.68. The Labute approximate surface area is 107 Å². The quantitative estimate of drug-likeness (QED) is 0.809. The molecule has 0 aliphatic heterocycles. The monoisotopic (exact) mass is 291 g/mol. The molecule has 0 saturated carbocycles. The fraction of sp³-hybridized carbons (Fsp3) is 0.500. The van der Waals surface area contributed by atoms with E-state index in [0.717, 1.165) is 23.5 Å². The Morgan fingerprint density at radius 1 is 1.20 bits per heavy atom. The third-order valence-corrected chi connectivity index (χ3v) is 2.67. The zero-order valence-corrected chi connectivity index (χ0v) is 11.7. The van der Waals surface area contributed by atoms with E-state index in [9.17, 15) is 0 Å². The summed E-state index contributed by atoms with van der Waals surface area (Å²) in [6.45, 7) is 6.58. The summed E-state index contributed by atoms with van der Waals surface area (Å²) in [5, 5.41) is 3.44. The van der Waals surface area contributed by atoms with Crippen LogP contribution in [0.25, 0.3) is 0 Å². The smallest absolute Gasteiger partial charge is 0.0205 e. The molecule has 0 aliphatic carbocycles. The second-order valence-electron chi connectivity index (χ2n) is 3.99. The van der Waals surface area contributed by atoms with Gasteiger partial charge in [0.25, 0.3) is 0 Å². The van der Waals surface area contributed by atoms with Crippen molar-refractivity contribution in [2.24, 2.45) is 5.92 Å². The van der Waals surface area contributed by atoms with Gasteiger partial charge in [-0.15, -0.1) is 12.4 Å². The SMILES string of the molecule is CC(C)CCNCc1ccc(Br)cc1.Cl. The summed E-state index contributed by atoms with van der Waals surface area (Å²) in [6, 6.07) is 8.46. The largest absolute Gasteiger partial charge is 0.313 e.